The van der Waals surface area contributed by atoms with Crippen molar-refractivity contribution in [3.05, 3.63) is 36.0 Å². The van der Waals surface area contributed by atoms with Crippen LogP contribution < -0.4 is 27.4 Å². The van der Waals surface area contributed by atoms with Gasteiger partial charge in [0.15, 0.2) is 0 Å². The van der Waals surface area contributed by atoms with Crippen LogP contribution in [0.3, 0.4) is 0 Å². The van der Waals surface area contributed by atoms with Gasteiger partial charge >= 0.3 is 5.97 Å². The van der Waals surface area contributed by atoms with Crippen molar-refractivity contribution in [2.45, 2.75) is 56.5 Å². The van der Waals surface area contributed by atoms with Crippen LogP contribution in [0.4, 0.5) is 0 Å². The number of carboxylic acids is 1. The molecule has 2 rings (SSSR count). The normalized spacial score (nSPS) is 15.1. The van der Waals surface area contributed by atoms with Crippen molar-refractivity contribution < 1.29 is 34.2 Å². The number of carbonyl (C=O) groups excluding carboxylic acids is 4. The molecular formula is C23H32N6O7S. The van der Waals surface area contributed by atoms with Crippen LogP contribution in [0.15, 0.2) is 30.5 Å². The zero-order chi connectivity index (χ0) is 27.7. The third kappa shape index (κ3) is 8.48. The van der Waals surface area contributed by atoms with E-state index in [2.05, 4.69) is 33.6 Å². The number of aromatic amines is 1. The summed E-state index contributed by atoms with van der Waals surface area (Å²) in [5.74, 6) is -4.66. The molecule has 4 amide bonds. The molecule has 0 radical (unpaired) electrons. The Morgan fingerprint density at radius 2 is 1.68 bits per heavy atom. The second-order valence-electron chi connectivity index (χ2n) is 8.55. The third-order valence-electron chi connectivity index (χ3n) is 5.63. The molecule has 1 aromatic heterocycles. The molecule has 5 atom stereocenters. The molecule has 1 aromatic carbocycles. The average Bonchev–Trinajstić information content (AvgIpc) is 3.25. The lowest BCUT2D eigenvalue weighted by molar-refractivity contribution is -0.142. The van der Waals surface area contributed by atoms with Crippen molar-refractivity contribution in [1.29, 1.82) is 0 Å². The lowest BCUT2D eigenvalue weighted by Crippen LogP contribution is -2.60. The average molecular weight is 537 g/mol. The van der Waals surface area contributed by atoms with E-state index in [1.165, 1.54) is 6.92 Å². The summed E-state index contributed by atoms with van der Waals surface area (Å²) in [6, 6.07) is 2.07. The molecular weight excluding hydrogens is 504 g/mol. The van der Waals surface area contributed by atoms with Crippen LogP contribution in [-0.2, 0) is 30.4 Å². The van der Waals surface area contributed by atoms with Crippen LogP contribution in [0.5, 0.6) is 0 Å². The number of nitrogens with one attached hydrogen (secondary N) is 4. The Hall–Kier alpha value is -3.62. The van der Waals surface area contributed by atoms with Crippen molar-refractivity contribution in [2.75, 3.05) is 5.75 Å². The first-order valence-electron chi connectivity index (χ1n) is 11.5. The first-order valence-corrected chi connectivity index (χ1v) is 12.1. The number of carboxylic acid groups (broad SMARTS) is 1. The van der Waals surface area contributed by atoms with Crippen LogP contribution in [0.1, 0.15) is 25.3 Å². The Bertz CT molecular complexity index is 1140. The van der Waals surface area contributed by atoms with E-state index in [1.54, 1.807) is 6.20 Å². The van der Waals surface area contributed by atoms with Gasteiger partial charge < -0.3 is 42.6 Å². The second kappa shape index (κ2) is 13.6. The minimum atomic E-state index is -1.48. The molecule has 202 valence electrons. The number of amides is 4. The number of hydrogen-bond acceptors (Lipinski definition) is 8. The van der Waals surface area contributed by atoms with Gasteiger partial charge in [0, 0.05) is 35.7 Å². The number of rotatable bonds is 14. The molecule has 1 heterocycles. The molecule has 0 aliphatic carbocycles. The number of H-pyrrole nitrogens is 1. The predicted octanol–water partition coefficient (Wildman–Crippen LogP) is -1.85. The highest BCUT2D eigenvalue weighted by Gasteiger charge is 2.32. The number of hydrogen-bond donors (Lipinski definition) is 9. The van der Waals surface area contributed by atoms with E-state index in [0.29, 0.717) is 5.56 Å². The van der Waals surface area contributed by atoms with Gasteiger partial charge in [0.1, 0.15) is 18.1 Å². The monoisotopic (exact) mass is 536 g/mol. The topological polar surface area (TPSA) is 230 Å². The highest BCUT2D eigenvalue weighted by Crippen LogP contribution is 2.19. The fraction of sp³-hybridized carbons (Fsp3) is 0.435. The maximum Gasteiger partial charge on any atom is 0.326 e. The lowest BCUT2D eigenvalue weighted by atomic mass is 10.0. The van der Waals surface area contributed by atoms with Gasteiger partial charge in [-0.3, -0.25) is 19.2 Å². The predicted molar refractivity (Wildman–Crippen MR) is 137 cm³/mol. The highest BCUT2D eigenvalue weighted by molar-refractivity contribution is 7.80. The van der Waals surface area contributed by atoms with Gasteiger partial charge in [-0.15, -0.1) is 0 Å². The van der Waals surface area contributed by atoms with Gasteiger partial charge in [0.2, 0.25) is 23.6 Å². The van der Waals surface area contributed by atoms with Crippen LogP contribution in [-0.4, -0.2) is 80.8 Å². The van der Waals surface area contributed by atoms with E-state index < -0.39 is 59.9 Å². The van der Waals surface area contributed by atoms with Gasteiger partial charge in [-0.25, -0.2) is 4.79 Å². The van der Waals surface area contributed by atoms with Crippen molar-refractivity contribution >= 4 is 53.1 Å². The quantitative estimate of drug-likeness (QED) is 0.124. The molecule has 13 nitrogen and oxygen atoms in total. The molecule has 14 heteroatoms. The lowest BCUT2D eigenvalue weighted by Gasteiger charge is -2.25. The van der Waals surface area contributed by atoms with Crippen molar-refractivity contribution in [3.63, 3.8) is 0 Å². The van der Waals surface area contributed by atoms with Gasteiger partial charge in [-0.1, -0.05) is 18.2 Å². The van der Waals surface area contributed by atoms with Gasteiger partial charge in [0.05, 0.1) is 12.1 Å². The Labute approximate surface area is 218 Å². The molecule has 37 heavy (non-hydrogen) atoms. The molecule has 0 spiro atoms. The summed E-state index contributed by atoms with van der Waals surface area (Å²) < 4.78 is 0. The maximum atomic E-state index is 12.8. The second-order valence-corrected chi connectivity index (χ2v) is 8.91. The van der Waals surface area contributed by atoms with E-state index in [0.717, 1.165) is 10.9 Å². The van der Waals surface area contributed by atoms with Gasteiger partial charge in [-0.05, 0) is 25.0 Å². The van der Waals surface area contributed by atoms with E-state index in [-0.39, 0.29) is 25.0 Å². The molecule has 0 saturated carbocycles. The number of aliphatic hydroxyl groups is 1. The van der Waals surface area contributed by atoms with Crippen LogP contribution >= 0.6 is 12.6 Å². The Kier molecular flexibility index (Phi) is 10.9. The number of aromatic nitrogens is 1. The number of fused-ring (bicyclic) bond motifs is 1. The van der Waals surface area contributed by atoms with Crippen molar-refractivity contribution in [1.82, 2.24) is 20.9 Å². The van der Waals surface area contributed by atoms with Crippen molar-refractivity contribution in [3.8, 4) is 0 Å². The summed E-state index contributed by atoms with van der Waals surface area (Å²) in [7, 11) is 0. The Morgan fingerprint density at radius 3 is 2.27 bits per heavy atom. The molecule has 0 saturated heterocycles. The van der Waals surface area contributed by atoms with E-state index in [1.807, 2.05) is 24.3 Å². The van der Waals surface area contributed by atoms with Gasteiger partial charge in [0.25, 0.3) is 0 Å². The fourth-order valence-corrected chi connectivity index (χ4v) is 3.80. The van der Waals surface area contributed by atoms with Crippen LogP contribution in [0, 0.1) is 0 Å². The number of benzene rings is 1. The molecule has 10 N–H and O–H groups in total. The molecule has 0 bridgehead atoms. The van der Waals surface area contributed by atoms with Crippen LogP contribution in [0.2, 0.25) is 0 Å². The molecule has 0 aliphatic rings. The number of nitrogens with two attached hydrogens (primary N) is 2. The summed E-state index contributed by atoms with van der Waals surface area (Å²) >= 11 is 4.07. The van der Waals surface area contributed by atoms with Crippen molar-refractivity contribution in [2.24, 2.45) is 11.5 Å². The number of para-hydroxylation sites is 1. The standard InChI is InChI=1S/C23H32N6O7S/c1-11(30)19(29-20(32)14(24)6-7-18(25)31)22(34)28-17(10-37)21(33)27-16(23(35)36)8-12-9-26-15-5-3-2-4-13(12)15/h2-5,9,11,14,16-17,19,26,30,37H,6-8,10,24H2,1H3,(H2,25,31)(H,27,33)(H,28,34)(H,29,32)(H,35,36). The largest absolute Gasteiger partial charge is 0.480 e. The van der Waals surface area contributed by atoms with Gasteiger partial charge in [-0.2, -0.15) is 12.6 Å². The highest BCUT2D eigenvalue weighted by atomic mass is 32.1. The first-order chi connectivity index (χ1) is 17.4. The summed E-state index contributed by atoms with van der Waals surface area (Å²) in [5, 5.41) is 27.5. The van der Waals surface area contributed by atoms with E-state index >= 15 is 0 Å². The summed E-state index contributed by atoms with van der Waals surface area (Å²) in [6.07, 6.45) is 0.0577. The molecule has 0 aliphatic heterocycles. The number of thiol groups is 1. The smallest absolute Gasteiger partial charge is 0.326 e. The Balaban J connectivity index is 2.05. The Morgan fingerprint density at radius 1 is 1.03 bits per heavy atom. The SMILES string of the molecule is CC(O)C(NC(=O)C(N)CCC(N)=O)C(=O)NC(CS)C(=O)NC(Cc1c[nH]c2ccccc12)C(=O)O. The number of primary amides is 1. The number of carbonyl (C=O) groups is 5. The zero-order valence-corrected chi connectivity index (χ0v) is 21.0. The zero-order valence-electron chi connectivity index (χ0n) is 20.1. The summed E-state index contributed by atoms with van der Waals surface area (Å²) in [6.45, 7) is 1.25. The summed E-state index contributed by atoms with van der Waals surface area (Å²) in [5.41, 5.74) is 12.2. The molecule has 5 unspecified atom stereocenters. The third-order valence-corrected chi connectivity index (χ3v) is 6.00. The van der Waals surface area contributed by atoms with Crippen LogP contribution in [0.25, 0.3) is 10.9 Å². The maximum absolute atomic E-state index is 12.8. The number of aliphatic hydroxyl groups excluding tert-OH is 1. The van der Waals surface area contributed by atoms with E-state index in [9.17, 15) is 34.2 Å². The summed E-state index contributed by atoms with van der Waals surface area (Å²) in [4.78, 5) is 63.7. The minimum absolute atomic E-state index is 0.0200. The first kappa shape index (κ1) is 29.6. The fourth-order valence-electron chi connectivity index (χ4n) is 3.54. The number of aliphatic carboxylic acids is 1. The molecule has 0 fully saturated rings. The molecule has 2 aromatic rings. The van der Waals surface area contributed by atoms with E-state index in [4.69, 9.17) is 11.5 Å². The minimum Gasteiger partial charge on any atom is -0.480 e.